The highest BCUT2D eigenvalue weighted by atomic mass is 35.5. The number of esters is 1. The highest BCUT2D eigenvalue weighted by molar-refractivity contribution is 6.43. The molecule has 0 aromatic heterocycles. The van der Waals surface area contributed by atoms with Crippen molar-refractivity contribution < 1.29 is 24.0 Å². The molecule has 2 aromatic rings. The number of halogens is 2. The van der Waals surface area contributed by atoms with Gasteiger partial charge in [-0.2, -0.15) is 0 Å². The van der Waals surface area contributed by atoms with Gasteiger partial charge in [0.25, 0.3) is 17.5 Å². The Morgan fingerprint density at radius 3 is 2.00 bits per heavy atom. The maximum absolute atomic E-state index is 12.9. The van der Waals surface area contributed by atoms with E-state index in [9.17, 15) is 24.5 Å². The van der Waals surface area contributed by atoms with Crippen LogP contribution in [0.3, 0.4) is 0 Å². The van der Waals surface area contributed by atoms with Gasteiger partial charge in [-0.25, -0.2) is 4.79 Å². The molecule has 2 amide bonds. The Balaban J connectivity index is 1.90. The van der Waals surface area contributed by atoms with Crippen LogP contribution in [0, 0.1) is 16.0 Å². The van der Waals surface area contributed by atoms with E-state index in [-0.39, 0.29) is 44.9 Å². The van der Waals surface area contributed by atoms with Crippen molar-refractivity contribution in [2.75, 3.05) is 0 Å². The fraction of sp³-hybridized carbons (Fsp3) is 0.250. The van der Waals surface area contributed by atoms with Gasteiger partial charge in [-0.1, -0.05) is 37.0 Å². The summed E-state index contributed by atoms with van der Waals surface area (Å²) in [6.45, 7) is 3.66. The van der Waals surface area contributed by atoms with Crippen molar-refractivity contribution in [3.05, 3.63) is 67.7 Å². The molecule has 0 fully saturated rings. The fourth-order valence-corrected chi connectivity index (χ4v) is 3.44. The Morgan fingerprint density at radius 2 is 1.57 bits per heavy atom. The summed E-state index contributed by atoms with van der Waals surface area (Å²) in [6.07, 6.45) is 0.165. The molecule has 1 atom stereocenters. The van der Waals surface area contributed by atoms with Gasteiger partial charge in [0.15, 0.2) is 0 Å². The summed E-state index contributed by atoms with van der Waals surface area (Å²) in [4.78, 5) is 49.7. The van der Waals surface area contributed by atoms with Gasteiger partial charge in [-0.3, -0.25) is 24.6 Å². The second kappa shape index (κ2) is 8.41. The molecule has 0 radical (unpaired) electrons. The lowest BCUT2D eigenvalue weighted by atomic mass is 10.0. The molecule has 1 heterocycles. The van der Waals surface area contributed by atoms with Crippen molar-refractivity contribution in [3.8, 4) is 5.75 Å². The fourth-order valence-electron chi connectivity index (χ4n) is 3.11. The zero-order valence-electron chi connectivity index (χ0n) is 15.9. The van der Waals surface area contributed by atoms with Crippen molar-refractivity contribution in [2.45, 2.75) is 26.3 Å². The van der Waals surface area contributed by atoms with Crippen LogP contribution in [0.4, 0.5) is 5.69 Å². The number of carbonyl (C=O) groups excluding carboxylic acids is 3. The maximum Gasteiger partial charge on any atom is 0.334 e. The highest BCUT2D eigenvalue weighted by Gasteiger charge is 2.44. The summed E-state index contributed by atoms with van der Waals surface area (Å²) >= 11 is 11.9. The van der Waals surface area contributed by atoms with E-state index in [1.807, 2.05) is 13.8 Å². The molecule has 0 bridgehead atoms. The molecule has 0 saturated heterocycles. The van der Waals surface area contributed by atoms with Gasteiger partial charge in [-0.05, 0) is 36.6 Å². The molecule has 0 unspecified atom stereocenters. The first-order valence-corrected chi connectivity index (χ1v) is 9.68. The number of nitro groups is 1. The Kier molecular flexibility index (Phi) is 6.09. The predicted octanol–water partition coefficient (Wildman–Crippen LogP) is 4.52. The van der Waals surface area contributed by atoms with Gasteiger partial charge in [0.1, 0.15) is 11.8 Å². The third kappa shape index (κ3) is 4.15. The van der Waals surface area contributed by atoms with E-state index in [0.29, 0.717) is 0 Å². The molecule has 1 aliphatic rings. The molecule has 156 valence electrons. The molecular weight excluding hydrogens is 435 g/mol. The number of benzene rings is 2. The van der Waals surface area contributed by atoms with Crippen LogP contribution in [-0.4, -0.2) is 33.6 Å². The summed E-state index contributed by atoms with van der Waals surface area (Å²) in [7, 11) is 0. The minimum atomic E-state index is -1.19. The third-order valence-electron chi connectivity index (χ3n) is 4.50. The normalized spacial score (nSPS) is 14.1. The smallest absolute Gasteiger partial charge is 0.334 e. The molecule has 1 aliphatic heterocycles. The summed E-state index contributed by atoms with van der Waals surface area (Å²) in [6, 6.07) is 6.32. The minimum absolute atomic E-state index is 0.0455. The first-order chi connectivity index (χ1) is 14.1. The minimum Gasteiger partial charge on any atom is -0.425 e. The Morgan fingerprint density at radius 1 is 1.07 bits per heavy atom. The monoisotopic (exact) mass is 450 g/mol. The molecule has 0 aliphatic carbocycles. The number of nitro benzene ring substituents is 1. The van der Waals surface area contributed by atoms with E-state index < -0.39 is 28.7 Å². The standard InChI is InChI=1S/C20H16Cl2N2O6/c1-10(2)7-17(20(27)30-12-5-3-11(4-6-12)24(28)29)23-18(25)13-8-15(21)16(22)9-14(13)19(23)26/h3-6,8-10,17H,7H2,1-2H3/t17-/m0/s1. The van der Waals surface area contributed by atoms with Gasteiger partial charge in [0.2, 0.25) is 0 Å². The molecule has 30 heavy (non-hydrogen) atoms. The second-order valence-electron chi connectivity index (χ2n) is 7.11. The average Bonchev–Trinajstić information content (AvgIpc) is 2.90. The quantitative estimate of drug-likeness (QED) is 0.210. The van der Waals surface area contributed by atoms with E-state index in [0.717, 1.165) is 4.90 Å². The second-order valence-corrected chi connectivity index (χ2v) is 7.92. The number of non-ortho nitro benzene ring substituents is 1. The Bertz CT molecular complexity index is 1010. The maximum atomic E-state index is 12.9. The summed E-state index contributed by atoms with van der Waals surface area (Å²) < 4.78 is 5.31. The van der Waals surface area contributed by atoms with Crippen LogP contribution in [0.25, 0.3) is 0 Å². The first kappa shape index (κ1) is 21.7. The lowest BCUT2D eigenvalue weighted by Gasteiger charge is -2.25. The summed E-state index contributed by atoms with van der Waals surface area (Å²) in [5.74, 6) is -2.15. The number of amides is 2. The Hall–Kier alpha value is -2.97. The molecular formula is C20H16Cl2N2O6. The van der Waals surface area contributed by atoms with E-state index in [1.54, 1.807) is 0 Å². The SMILES string of the molecule is CC(C)C[C@@H](C(=O)Oc1ccc([N+](=O)[O-])cc1)N1C(=O)c2cc(Cl)c(Cl)cc2C1=O. The zero-order valence-corrected chi connectivity index (χ0v) is 17.4. The van der Waals surface area contributed by atoms with Gasteiger partial charge < -0.3 is 4.74 Å². The zero-order chi connectivity index (χ0) is 22.2. The van der Waals surface area contributed by atoms with Crippen molar-refractivity contribution >= 4 is 46.7 Å². The number of carbonyl (C=O) groups is 3. The molecule has 0 N–H and O–H groups in total. The van der Waals surface area contributed by atoms with Crippen LogP contribution in [0.2, 0.25) is 10.0 Å². The van der Waals surface area contributed by atoms with E-state index in [2.05, 4.69) is 0 Å². The van der Waals surface area contributed by atoms with Crippen molar-refractivity contribution in [1.29, 1.82) is 0 Å². The van der Waals surface area contributed by atoms with Crippen molar-refractivity contribution in [3.63, 3.8) is 0 Å². The van der Waals surface area contributed by atoms with Crippen LogP contribution >= 0.6 is 23.2 Å². The number of hydrogen-bond donors (Lipinski definition) is 0. The summed E-state index contributed by atoms with van der Waals surface area (Å²) in [5, 5.41) is 11.0. The van der Waals surface area contributed by atoms with Gasteiger partial charge >= 0.3 is 5.97 Å². The number of ether oxygens (including phenoxy) is 1. The third-order valence-corrected chi connectivity index (χ3v) is 5.23. The van der Waals surface area contributed by atoms with Crippen molar-refractivity contribution in [2.24, 2.45) is 5.92 Å². The highest BCUT2D eigenvalue weighted by Crippen LogP contribution is 2.33. The van der Waals surface area contributed by atoms with Crippen LogP contribution in [-0.2, 0) is 4.79 Å². The number of fused-ring (bicyclic) bond motifs is 1. The largest absolute Gasteiger partial charge is 0.425 e. The van der Waals surface area contributed by atoms with E-state index in [1.165, 1.54) is 36.4 Å². The van der Waals surface area contributed by atoms with Gasteiger partial charge in [0.05, 0.1) is 26.1 Å². The molecule has 3 rings (SSSR count). The number of hydrogen-bond acceptors (Lipinski definition) is 6. The molecule has 0 saturated carbocycles. The van der Waals surface area contributed by atoms with Crippen LogP contribution < -0.4 is 4.74 Å². The molecule has 2 aromatic carbocycles. The number of rotatable bonds is 6. The van der Waals surface area contributed by atoms with Crippen LogP contribution in [0.1, 0.15) is 41.0 Å². The lowest BCUT2D eigenvalue weighted by Crippen LogP contribution is -2.47. The topological polar surface area (TPSA) is 107 Å². The number of imide groups is 1. The first-order valence-electron chi connectivity index (χ1n) is 8.93. The van der Waals surface area contributed by atoms with Crippen molar-refractivity contribution in [1.82, 2.24) is 4.90 Å². The average molecular weight is 451 g/mol. The number of nitrogens with zero attached hydrogens (tertiary/aromatic N) is 2. The van der Waals surface area contributed by atoms with Crippen LogP contribution in [0.5, 0.6) is 5.75 Å². The van der Waals surface area contributed by atoms with Gasteiger partial charge in [-0.15, -0.1) is 0 Å². The predicted molar refractivity (Wildman–Crippen MR) is 109 cm³/mol. The van der Waals surface area contributed by atoms with Gasteiger partial charge in [0, 0.05) is 12.1 Å². The molecule has 10 heteroatoms. The van der Waals surface area contributed by atoms with E-state index in [4.69, 9.17) is 27.9 Å². The van der Waals surface area contributed by atoms with E-state index >= 15 is 0 Å². The van der Waals surface area contributed by atoms with Crippen LogP contribution in [0.15, 0.2) is 36.4 Å². The summed E-state index contributed by atoms with van der Waals surface area (Å²) in [5.41, 5.74) is -0.0415. The molecule has 8 nitrogen and oxygen atoms in total. The Labute approximate surface area is 181 Å². The molecule has 0 spiro atoms. The lowest BCUT2D eigenvalue weighted by molar-refractivity contribution is -0.384.